The van der Waals surface area contributed by atoms with Gasteiger partial charge in [0, 0.05) is 18.7 Å². The molecule has 0 bridgehead atoms. The van der Waals surface area contributed by atoms with Crippen LogP contribution in [0.15, 0.2) is 18.2 Å². The minimum atomic E-state index is -0.546. The maximum atomic E-state index is 11.6. The van der Waals surface area contributed by atoms with E-state index in [0.717, 1.165) is 5.69 Å². The Morgan fingerprint density at radius 1 is 1.42 bits per heavy atom. The molecule has 1 heterocycles. The van der Waals surface area contributed by atoms with E-state index in [2.05, 4.69) is 15.6 Å². The highest BCUT2D eigenvalue weighted by Crippen LogP contribution is 2.10. The summed E-state index contributed by atoms with van der Waals surface area (Å²) in [5, 5.41) is 5.12. The van der Waals surface area contributed by atoms with Gasteiger partial charge in [-0.2, -0.15) is 0 Å². The fourth-order valence-corrected chi connectivity index (χ4v) is 1.36. The van der Waals surface area contributed by atoms with E-state index < -0.39 is 11.7 Å². The number of anilines is 1. The van der Waals surface area contributed by atoms with Gasteiger partial charge in [-0.3, -0.25) is 10.1 Å². The van der Waals surface area contributed by atoms with Crippen LogP contribution in [0.4, 0.5) is 10.6 Å². The highest BCUT2D eigenvalue weighted by atomic mass is 16.6. The van der Waals surface area contributed by atoms with E-state index in [0.29, 0.717) is 25.2 Å². The highest BCUT2D eigenvalue weighted by molar-refractivity contribution is 5.83. The van der Waals surface area contributed by atoms with Gasteiger partial charge in [-0.05, 0) is 32.9 Å². The summed E-state index contributed by atoms with van der Waals surface area (Å²) in [6, 6.07) is 5.29. The van der Waals surface area contributed by atoms with Crippen molar-refractivity contribution in [3.05, 3.63) is 23.9 Å². The number of hydrogen-bond acceptors (Lipinski definition) is 4. The summed E-state index contributed by atoms with van der Waals surface area (Å²) in [5.41, 5.74) is 0.234. The van der Waals surface area contributed by atoms with Crippen molar-refractivity contribution in [2.45, 2.75) is 32.8 Å². The molecule has 0 aliphatic rings. The maximum Gasteiger partial charge on any atom is 0.413 e. The Morgan fingerprint density at radius 3 is 2.79 bits per heavy atom. The minimum Gasteiger partial charge on any atom is -0.444 e. The maximum absolute atomic E-state index is 11.6. The van der Waals surface area contributed by atoms with Gasteiger partial charge in [-0.1, -0.05) is 6.07 Å². The number of rotatable bonds is 5. The Morgan fingerprint density at radius 2 is 2.16 bits per heavy atom. The van der Waals surface area contributed by atoms with E-state index in [9.17, 15) is 9.59 Å². The molecule has 0 atom stereocenters. The molecule has 19 heavy (non-hydrogen) atoms. The molecule has 1 aromatic heterocycles. The van der Waals surface area contributed by atoms with E-state index in [1.54, 1.807) is 32.9 Å². The lowest BCUT2D eigenvalue weighted by atomic mass is 10.2. The zero-order valence-corrected chi connectivity index (χ0v) is 11.4. The normalized spacial score (nSPS) is 10.7. The van der Waals surface area contributed by atoms with Crippen LogP contribution in [0.1, 0.15) is 26.5 Å². The van der Waals surface area contributed by atoms with Gasteiger partial charge in [0.1, 0.15) is 11.4 Å². The van der Waals surface area contributed by atoms with Gasteiger partial charge in [0.25, 0.3) is 0 Å². The van der Waals surface area contributed by atoms with Crippen molar-refractivity contribution >= 4 is 18.3 Å². The summed E-state index contributed by atoms with van der Waals surface area (Å²) < 4.78 is 5.13. The van der Waals surface area contributed by atoms with Crippen LogP contribution in [0.5, 0.6) is 0 Å². The molecular weight excluding hydrogens is 246 g/mol. The molecule has 2 N–H and O–H groups in total. The Bertz CT molecular complexity index is 441. The molecule has 0 radical (unpaired) electrons. The smallest absolute Gasteiger partial charge is 0.413 e. The fraction of sp³-hybridized carbons (Fsp3) is 0.462. The van der Waals surface area contributed by atoms with Gasteiger partial charge >= 0.3 is 6.09 Å². The second-order valence-corrected chi connectivity index (χ2v) is 4.96. The number of nitrogens with one attached hydrogen (secondary N) is 2. The van der Waals surface area contributed by atoms with Crippen molar-refractivity contribution in [1.29, 1.82) is 0 Å². The number of aromatic nitrogens is 1. The average molecular weight is 265 g/mol. The zero-order valence-electron chi connectivity index (χ0n) is 11.4. The molecule has 0 aromatic carbocycles. The largest absolute Gasteiger partial charge is 0.444 e. The van der Waals surface area contributed by atoms with Crippen molar-refractivity contribution in [2.24, 2.45) is 0 Å². The van der Waals surface area contributed by atoms with Gasteiger partial charge in [0.2, 0.25) is 6.41 Å². The molecule has 0 saturated heterocycles. The highest BCUT2D eigenvalue weighted by Gasteiger charge is 2.16. The Hall–Kier alpha value is -2.11. The third-order valence-corrected chi connectivity index (χ3v) is 2.04. The van der Waals surface area contributed by atoms with Crippen LogP contribution in [0.25, 0.3) is 0 Å². The molecule has 0 unspecified atom stereocenters. The molecule has 0 aliphatic heterocycles. The average Bonchev–Trinajstić information content (AvgIpc) is 2.27. The molecule has 1 aromatic rings. The Labute approximate surface area is 112 Å². The Kier molecular flexibility index (Phi) is 5.29. The first-order valence-electron chi connectivity index (χ1n) is 6.04. The molecule has 0 fully saturated rings. The van der Waals surface area contributed by atoms with E-state index in [1.807, 2.05) is 6.07 Å². The standard InChI is InChI=1S/C13H19N3O3/c1-13(2,3)19-12(18)16-11-6-4-5-10(15-11)7-8-14-9-17/h4-6,9H,7-8H2,1-3H3,(H,14,17)(H,15,16,18). The second-order valence-electron chi connectivity index (χ2n) is 4.96. The molecule has 2 amide bonds. The van der Waals surface area contributed by atoms with E-state index in [1.165, 1.54) is 0 Å². The summed E-state index contributed by atoms with van der Waals surface area (Å²) >= 11 is 0. The lowest BCUT2D eigenvalue weighted by Crippen LogP contribution is -2.27. The first-order chi connectivity index (χ1) is 8.90. The third kappa shape index (κ3) is 6.40. The molecule has 0 saturated carbocycles. The van der Waals surface area contributed by atoms with Crippen molar-refractivity contribution in [3.63, 3.8) is 0 Å². The molecule has 6 nitrogen and oxygen atoms in total. The molecule has 0 spiro atoms. The van der Waals surface area contributed by atoms with Crippen LogP contribution in [-0.4, -0.2) is 29.6 Å². The van der Waals surface area contributed by atoms with Gasteiger partial charge in [0.15, 0.2) is 0 Å². The van der Waals surface area contributed by atoms with E-state index >= 15 is 0 Å². The number of amides is 2. The molecule has 6 heteroatoms. The summed E-state index contributed by atoms with van der Waals surface area (Å²) in [5.74, 6) is 0.429. The lowest BCUT2D eigenvalue weighted by Gasteiger charge is -2.19. The van der Waals surface area contributed by atoms with Crippen molar-refractivity contribution in [3.8, 4) is 0 Å². The van der Waals surface area contributed by atoms with Crippen LogP contribution < -0.4 is 10.6 Å². The first-order valence-corrected chi connectivity index (χ1v) is 6.04. The lowest BCUT2D eigenvalue weighted by molar-refractivity contribution is -0.109. The molecule has 0 aliphatic carbocycles. The number of pyridine rings is 1. The monoisotopic (exact) mass is 265 g/mol. The summed E-state index contributed by atoms with van der Waals surface area (Å²) in [4.78, 5) is 25.9. The Balaban J connectivity index is 2.56. The number of ether oxygens (including phenoxy) is 1. The zero-order chi connectivity index (χ0) is 14.3. The van der Waals surface area contributed by atoms with Crippen LogP contribution >= 0.6 is 0 Å². The topological polar surface area (TPSA) is 80.3 Å². The van der Waals surface area contributed by atoms with Gasteiger partial charge in [0.05, 0.1) is 0 Å². The van der Waals surface area contributed by atoms with Crippen LogP contribution in [0.3, 0.4) is 0 Å². The second kappa shape index (κ2) is 6.72. The number of nitrogens with zero attached hydrogens (tertiary/aromatic N) is 1. The number of carbonyl (C=O) groups is 2. The first kappa shape index (κ1) is 14.9. The number of hydrogen-bond donors (Lipinski definition) is 2. The minimum absolute atomic E-state index is 0.429. The molecule has 104 valence electrons. The number of carbonyl (C=O) groups excluding carboxylic acids is 2. The van der Waals surface area contributed by atoms with Crippen LogP contribution in [0.2, 0.25) is 0 Å². The third-order valence-electron chi connectivity index (χ3n) is 2.04. The van der Waals surface area contributed by atoms with Crippen molar-refractivity contribution in [1.82, 2.24) is 10.3 Å². The van der Waals surface area contributed by atoms with Gasteiger partial charge < -0.3 is 10.1 Å². The van der Waals surface area contributed by atoms with Crippen LogP contribution in [0, 0.1) is 0 Å². The molecular formula is C13H19N3O3. The van der Waals surface area contributed by atoms with Gasteiger partial charge in [-0.15, -0.1) is 0 Å². The fourth-order valence-electron chi connectivity index (χ4n) is 1.36. The SMILES string of the molecule is CC(C)(C)OC(=O)Nc1cccc(CCNC=O)n1. The van der Waals surface area contributed by atoms with Crippen molar-refractivity contribution < 1.29 is 14.3 Å². The quantitative estimate of drug-likeness (QED) is 0.627. The summed E-state index contributed by atoms with van der Waals surface area (Å²) in [6.45, 7) is 5.89. The van der Waals surface area contributed by atoms with Crippen molar-refractivity contribution in [2.75, 3.05) is 11.9 Å². The summed E-state index contributed by atoms with van der Waals surface area (Å²) in [7, 11) is 0. The van der Waals surface area contributed by atoms with E-state index in [-0.39, 0.29) is 0 Å². The molecule has 1 rings (SSSR count). The summed E-state index contributed by atoms with van der Waals surface area (Å²) in [6.07, 6.45) is 0.703. The predicted molar refractivity (Wildman–Crippen MR) is 71.9 cm³/mol. The predicted octanol–water partition coefficient (Wildman–Crippen LogP) is 1.72. The van der Waals surface area contributed by atoms with Crippen LogP contribution in [-0.2, 0) is 16.0 Å². The van der Waals surface area contributed by atoms with Gasteiger partial charge in [-0.25, -0.2) is 9.78 Å². The van der Waals surface area contributed by atoms with E-state index in [4.69, 9.17) is 4.74 Å².